The van der Waals surface area contributed by atoms with Gasteiger partial charge in [0.15, 0.2) is 0 Å². The van der Waals surface area contributed by atoms with E-state index < -0.39 is 0 Å². The van der Waals surface area contributed by atoms with Gasteiger partial charge in [0.2, 0.25) is 0 Å². The predicted molar refractivity (Wildman–Crippen MR) is 79.9 cm³/mol. The van der Waals surface area contributed by atoms with E-state index >= 15 is 0 Å². The van der Waals surface area contributed by atoms with Crippen LogP contribution in [0.25, 0.3) is 0 Å². The highest BCUT2D eigenvalue weighted by Crippen LogP contribution is 2.19. The first-order chi connectivity index (χ1) is 9.31. The summed E-state index contributed by atoms with van der Waals surface area (Å²) in [6.45, 7) is 9.87. The number of hydrogen-bond donors (Lipinski definition) is 1. The quantitative estimate of drug-likeness (QED) is 0.691. The van der Waals surface area contributed by atoms with Crippen molar-refractivity contribution < 1.29 is 0 Å². The van der Waals surface area contributed by atoms with E-state index in [0.29, 0.717) is 0 Å². The summed E-state index contributed by atoms with van der Waals surface area (Å²) >= 11 is 0. The molecular formula is C16H25N3. The van der Waals surface area contributed by atoms with Crippen molar-refractivity contribution in [3.63, 3.8) is 0 Å². The number of nitrogens with one attached hydrogen (secondary N) is 1. The van der Waals surface area contributed by atoms with Crippen LogP contribution in [-0.2, 0) is 13.1 Å². The van der Waals surface area contributed by atoms with Crippen molar-refractivity contribution in [2.45, 2.75) is 45.3 Å². The summed E-state index contributed by atoms with van der Waals surface area (Å²) in [5.74, 6) is 0. The molecule has 2 rings (SSSR count). The first-order valence-corrected chi connectivity index (χ1v) is 7.33. The first-order valence-electron chi connectivity index (χ1n) is 7.33. The molecule has 1 aliphatic carbocycles. The molecule has 1 aromatic rings. The Hall–Kier alpha value is -1.19. The standard InChI is InChI=1S/C16H25N3/c1-3-10-19(11-4-2)13-16-7-5-6-15(18-16)12-17-14-8-9-14/h3,5-7,14,17H,1,4,8-13H2,2H3. The Kier molecular flexibility index (Phi) is 5.55. The van der Waals surface area contributed by atoms with Crippen LogP contribution in [0.3, 0.4) is 0 Å². The van der Waals surface area contributed by atoms with E-state index in [1.54, 1.807) is 0 Å². The van der Waals surface area contributed by atoms with E-state index in [9.17, 15) is 0 Å². The van der Waals surface area contributed by atoms with Crippen LogP contribution in [0.5, 0.6) is 0 Å². The Morgan fingerprint density at radius 2 is 2.21 bits per heavy atom. The third-order valence-corrected chi connectivity index (χ3v) is 3.33. The molecule has 104 valence electrons. The Bertz CT molecular complexity index is 399. The Morgan fingerprint density at radius 1 is 1.42 bits per heavy atom. The van der Waals surface area contributed by atoms with Gasteiger partial charge in [-0.15, -0.1) is 6.58 Å². The molecule has 0 aliphatic heterocycles. The Balaban J connectivity index is 1.89. The molecule has 0 spiro atoms. The number of rotatable bonds is 9. The van der Waals surface area contributed by atoms with E-state index in [1.807, 2.05) is 6.08 Å². The number of pyridine rings is 1. The molecule has 0 bridgehead atoms. The van der Waals surface area contributed by atoms with Crippen LogP contribution in [0.15, 0.2) is 30.9 Å². The van der Waals surface area contributed by atoms with Crippen LogP contribution in [0, 0.1) is 0 Å². The molecule has 3 heteroatoms. The lowest BCUT2D eigenvalue weighted by molar-refractivity contribution is 0.291. The first kappa shape index (κ1) is 14.2. The molecule has 1 aromatic heterocycles. The van der Waals surface area contributed by atoms with E-state index in [-0.39, 0.29) is 0 Å². The summed E-state index contributed by atoms with van der Waals surface area (Å²) < 4.78 is 0. The van der Waals surface area contributed by atoms with Gasteiger partial charge in [-0.05, 0) is 37.9 Å². The molecule has 1 fully saturated rings. The fourth-order valence-corrected chi connectivity index (χ4v) is 2.21. The Morgan fingerprint density at radius 3 is 2.89 bits per heavy atom. The molecule has 1 saturated carbocycles. The third-order valence-electron chi connectivity index (χ3n) is 3.33. The lowest BCUT2D eigenvalue weighted by Gasteiger charge is -2.19. The van der Waals surface area contributed by atoms with Gasteiger partial charge in [0.05, 0.1) is 11.4 Å². The summed E-state index contributed by atoms with van der Waals surface area (Å²) in [5, 5.41) is 3.51. The zero-order chi connectivity index (χ0) is 13.5. The monoisotopic (exact) mass is 259 g/mol. The lowest BCUT2D eigenvalue weighted by Crippen LogP contribution is -2.25. The van der Waals surface area contributed by atoms with Crippen LogP contribution >= 0.6 is 0 Å². The average Bonchev–Trinajstić information content (AvgIpc) is 3.21. The molecule has 0 radical (unpaired) electrons. The summed E-state index contributed by atoms with van der Waals surface area (Å²) in [5.41, 5.74) is 2.31. The van der Waals surface area contributed by atoms with Gasteiger partial charge in [0, 0.05) is 25.7 Å². The molecule has 0 unspecified atom stereocenters. The van der Waals surface area contributed by atoms with Gasteiger partial charge < -0.3 is 5.32 Å². The van der Waals surface area contributed by atoms with Crippen LogP contribution < -0.4 is 5.32 Å². The molecule has 1 aliphatic rings. The number of aromatic nitrogens is 1. The van der Waals surface area contributed by atoms with E-state index in [0.717, 1.165) is 50.0 Å². The largest absolute Gasteiger partial charge is 0.308 e. The van der Waals surface area contributed by atoms with E-state index in [1.165, 1.54) is 12.8 Å². The average molecular weight is 259 g/mol. The highest BCUT2D eigenvalue weighted by Gasteiger charge is 2.20. The van der Waals surface area contributed by atoms with Crippen molar-refractivity contribution in [2.24, 2.45) is 0 Å². The maximum absolute atomic E-state index is 4.74. The van der Waals surface area contributed by atoms with Crippen molar-refractivity contribution >= 4 is 0 Å². The van der Waals surface area contributed by atoms with E-state index in [2.05, 4.69) is 41.9 Å². The molecule has 1 heterocycles. The predicted octanol–water partition coefficient (Wildman–Crippen LogP) is 2.73. The minimum atomic E-state index is 0.739. The molecule has 0 saturated heterocycles. The molecule has 1 N–H and O–H groups in total. The molecule has 19 heavy (non-hydrogen) atoms. The maximum atomic E-state index is 4.74. The smallest absolute Gasteiger partial charge is 0.0547 e. The maximum Gasteiger partial charge on any atom is 0.0547 e. The number of hydrogen-bond acceptors (Lipinski definition) is 3. The Labute approximate surface area is 116 Å². The zero-order valence-corrected chi connectivity index (χ0v) is 11.9. The highest BCUT2D eigenvalue weighted by molar-refractivity contribution is 5.11. The summed E-state index contributed by atoms with van der Waals surface area (Å²) in [6.07, 6.45) is 5.78. The van der Waals surface area contributed by atoms with E-state index in [4.69, 9.17) is 4.98 Å². The molecule has 0 aromatic carbocycles. The van der Waals surface area contributed by atoms with Crippen molar-refractivity contribution in [1.82, 2.24) is 15.2 Å². The molecule has 0 atom stereocenters. The third kappa shape index (κ3) is 5.13. The second-order valence-corrected chi connectivity index (χ2v) is 5.30. The minimum absolute atomic E-state index is 0.739. The lowest BCUT2D eigenvalue weighted by atomic mass is 10.2. The second-order valence-electron chi connectivity index (χ2n) is 5.30. The van der Waals surface area contributed by atoms with Crippen LogP contribution in [0.4, 0.5) is 0 Å². The van der Waals surface area contributed by atoms with Crippen molar-refractivity contribution in [3.8, 4) is 0 Å². The SMILES string of the molecule is C=CCN(CCC)Cc1cccc(CNC2CC2)n1. The van der Waals surface area contributed by atoms with Gasteiger partial charge in [0.25, 0.3) is 0 Å². The van der Waals surface area contributed by atoms with Crippen LogP contribution in [-0.4, -0.2) is 29.0 Å². The topological polar surface area (TPSA) is 28.2 Å². The second kappa shape index (κ2) is 7.41. The van der Waals surface area contributed by atoms with Gasteiger partial charge in [0.1, 0.15) is 0 Å². The zero-order valence-electron chi connectivity index (χ0n) is 11.9. The fraction of sp³-hybridized carbons (Fsp3) is 0.562. The summed E-state index contributed by atoms with van der Waals surface area (Å²) in [4.78, 5) is 7.12. The van der Waals surface area contributed by atoms with Crippen LogP contribution in [0.2, 0.25) is 0 Å². The van der Waals surface area contributed by atoms with Gasteiger partial charge in [-0.3, -0.25) is 9.88 Å². The normalized spacial score (nSPS) is 14.8. The van der Waals surface area contributed by atoms with Gasteiger partial charge in [-0.2, -0.15) is 0 Å². The van der Waals surface area contributed by atoms with Crippen molar-refractivity contribution in [1.29, 1.82) is 0 Å². The molecular weight excluding hydrogens is 234 g/mol. The molecule has 3 nitrogen and oxygen atoms in total. The summed E-state index contributed by atoms with van der Waals surface area (Å²) in [7, 11) is 0. The van der Waals surface area contributed by atoms with Crippen molar-refractivity contribution in [2.75, 3.05) is 13.1 Å². The van der Waals surface area contributed by atoms with Crippen molar-refractivity contribution in [3.05, 3.63) is 42.2 Å². The van der Waals surface area contributed by atoms with Crippen LogP contribution in [0.1, 0.15) is 37.6 Å². The number of nitrogens with zero attached hydrogens (tertiary/aromatic N) is 2. The van der Waals surface area contributed by atoms with Gasteiger partial charge >= 0.3 is 0 Å². The fourth-order valence-electron chi connectivity index (χ4n) is 2.21. The van der Waals surface area contributed by atoms with Gasteiger partial charge in [-0.25, -0.2) is 0 Å². The molecule has 0 amide bonds. The highest BCUT2D eigenvalue weighted by atomic mass is 15.1. The summed E-state index contributed by atoms with van der Waals surface area (Å²) in [6, 6.07) is 7.08. The van der Waals surface area contributed by atoms with Gasteiger partial charge in [-0.1, -0.05) is 19.1 Å². The minimum Gasteiger partial charge on any atom is -0.308 e.